The summed E-state index contributed by atoms with van der Waals surface area (Å²) in [6.07, 6.45) is 2.09. The van der Waals surface area contributed by atoms with Crippen LogP contribution in [0.3, 0.4) is 0 Å². The second-order valence-electron chi connectivity index (χ2n) is 8.07. The van der Waals surface area contributed by atoms with Crippen molar-refractivity contribution in [3.8, 4) is 5.75 Å². The van der Waals surface area contributed by atoms with Crippen LogP contribution in [0, 0.1) is 6.92 Å². The predicted octanol–water partition coefficient (Wildman–Crippen LogP) is 4.53. The molecule has 3 aromatic rings. The minimum atomic E-state index is 0.0162. The largest absolute Gasteiger partial charge is 0.496 e. The van der Waals surface area contributed by atoms with Gasteiger partial charge in [-0.3, -0.25) is 14.7 Å². The van der Waals surface area contributed by atoms with Crippen molar-refractivity contribution in [2.75, 3.05) is 19.0 Å². The maximum Gasteiger partial charge on any atom is 0.224 e. The molecule has 2 aromatic carbocycles. The lowest BCUT2D eigenvalue weighted by Gasteiger charge is -2.29. The van der Waals surface area contributed by atoms with Crippen LogP contribution in [0.2, 0.25) is 0 Å². The molecular formula is C26H29N3O2. The number of aryl methyl sites for hydroxylation is 2. The lowest BCUT2D eigenvalue weighted by molar-refractivity contribution is -0.116. The van der Waals surface area contributed by atoms with E-state index in [-0.39, 0.29) is 5.91 Å². The molecule has 0 atom stereocenters. The highest BCUT2D eigenvalue weighted by Crippen LogP contribution is 2.24. The Morgan fingerprint density at radius 2 is 1.97 bits per heavy atom. The molecule has 1 aliphatic rings. The van der Waals surface area contributed by atoms with Gasteiger partial charge >= 0.3 is 0 Å². The third kappa shape index (κ3) is 5.50. The van der Waals surface area contributed by atoms with Crippen molar-refractivity contribution < 1.29 is 9.53 Å². The number of amides is 1. The van der Waals surface area contributed by atoms with Crippen LogP contribution in [-0.2, 0) is 30.7 Å². The number of carbonyl (C=O) groups is 1. The van der Waals surface area contributed by atoms with Crippen molar-refractivity contribution in [3.05, 3.63) is 88.7 Å². The summed E-state index contributed by atoms with van der Waals surface area (Å²) in [4.78, 5) is 19.6. The maximum atomic E-state index is 12.5. The van der Waals surface area contributed by atoms with Crippen LogP contribution in [0.25, 0.3) is 0 Å². The molecular weight excluding hydrogens is 386 g/mol. The number of nitrogens with zero attached hydrogens (tertiary/aromatic N) is 2. The number of rotatable bonds is 7. The van der Waals surface area contributed by atoms with Gasteiger partial charge in [0.05, 0.1) is 12.8 Å². The third-order valence-corrected chi connectivity index (χ3v) is 5.73. The molecule has 0 saturated heterocycles. The number of methoxy groups -OCH3 is 1. The molecule has 0 unspecified atom stereocenters. The van der Waals surface area contributed by atoms with Crippen molar-refractivity contribution >= 4 is 11.6 Å². The van der Waals surface area contributed by atoms with Crippen LogP contribution < -0.4 is 10.1 Å². The Hall–Kier alpha value is -3.18. The van der Waals surface area contributed by atoms with Crippen LogP contribution in [-0.4, -0.2) is 29.4 Å². The van der Waals surface area contributed by atoms with E-state index < -0.39 is 0 Å². The Labute approximate surface area is 184 Å². The molecule has 0 fully saturated rings. The minimum Gasteiger partial charge on any atom is -0.496 e. The standard InChI is InChI=1S/C26H29N3O2/c1-19-6-5-8-24(27-19)18-29-15-14-20-10-12-23(16-22(20)17-29)28-26(30)13-11-21-7-3-4-9-25(21)31-2/h3-10,12,16H,11,13-15,17-18H2,1-2H3,(H,28,30). The third-order valence-electron chi connectivity index (χ3n) is 5.73. The lowest BCUT2D eigenvalue weighted by Crippen LogP contribution is -2.30. The summed E-state index contributed by atoms with van der Waals surface area (Å²) in [7, 11) is 1.66. The van der Waals surface area contributed by atoms with E-state index in [1.807, 2.05) is 43.3 Å². The number of nitrogens with one attached hydrogen (secondary N) is 1. The SMILES string of the molecule is COc1ccccc1CCC(=O)Nc1ccc2c(c1)CN(Cc1cccc(C)n1)CC2. The number of pyridine rings is 1. The molecule has 4 rings (SSSR count). The van der Waals surface area contributed by atoms with Crippen molar-refractivity contribution in [1.82, 2.24) is 9.88 Å². The maximum absolute atomic E-state index is 12.5. The number of hydrogen-bond donors (Lipinski definition) is 1. The molecule has 2 heterocycles. The first-order chi connectivity index (χ1) is 15.1. The molecule has 0 spiro atoms. The van der Waals surface area contributed by atoms with Crippen LogP contribution >= 0.6 is 0 Å². The van der Waals surface area contributed by atoms with Crippen LogP contribution in [0.1, 0.15) is 34.5 Å². The average Bonchev–Trinajstić information content (AvgIpc) is 2.77. The van der Waals surface area contributed by atoms with E-state index in [0.717, 1.165) is 54.4 Å². The van der Waals surface area contributed by atoms with E-state index in [1.165, 1.54) is 11.1 Å². The van der Waals surface area contributed by atoms with Gasteiger partial charge in [-0.25, -0.2) is 0 Å². The summed E-state index contributed by atoms with van der Waals surface area (Å²) in [5.41, 5.74) is 6.70. The Morgan fingerprint density at radius 1 is 1.10 bits per heavy atom. The quantitative estimate of drug-likeness (QED) is 0.616. The Morgan fingerprint density at radius 3 is 2.81 bits per heavy atom. The lowest BCUT2D eigenvalue weighted by atomic mass is 9.98. The monoisotopic (exact) mass is 415 g/mol. The molecule has 1 N–H and O–H groups in total. The molecule has 31 heavy (non-hydrogen) atoms. The van der Waals surface area contributed by atoms with Gasteiger partial charge in [0.25, 0.3) is 0 Å². The number of para-hydroxylation sites is 1. The first-order valence-corrected chi connectivity index (χ1v) is 10.8. The van der Waals surface area contributed by atoms with Gasteiger partial charge in [0.15, 0.2) is 0 Å². The first-order valence-electron chi connectivity index (χ1n) is 10.8. The second kappa shape index (κ2) is 9.75. The van der Waals surface area contributed by atoms with Gasteiger partial charge in [-0.2, -0.15) is 0 Å². The van der Waals surface area contributed by atoms with E-state index in [2.05, 4.69) is 39.5 Å². The fourth-order valence-corrected chi connectivity index (χ4v) is 4.13. The van der Waals surface area contributed by atoms with Crippen molar-refractivity contribution in [1.29, 1.82) is 0 Å². The van der Waals surface area contributed by atoms with E-state index in [9.17, 15) is 4.79 Å². The van der Waals surface area contributed by atoms with Gasteiger partial charge in [-0.05, 0) is 66.8 Å². The van der Waals surface area contributed by atoms with Crippen molar-refractivity contribution in [3.63, 3.8) is 0 Å². The fourth-order valence-electron chi connectivity index (χ4n) is 4.13. The molecule has 0 radical (unpaired) electrons. The highest BCUT2D eigenvalue weighted by atomic mass is 16.5. The summed E-state index contributed by atoms with van der Waals surface area (Å²) in [5, 5.41) is 3.06. The summed E-state index contributed by atoms with van der Waals surface area (Å²) in [5.74, 6) is 0.842. The molecule has 0 bridgehead atoms. The fraction of sp³-hybridized carbons (Fsp3) is 0.308. The molecule has 1 amide bonds. The number of aromatic nitrogens is 1. The van der Waals surface area contributed by atoms with Crippen LogP contribution in [0.4, 0.5) is 5.69 Å². The minimum absolute atomic E-state index is 0.0162. The molecule has 0 aliphatic carbocycles. The Bertz CT molecular complexity index is 1060. The number of ether oxygens (including phenoxy) is 1. The van der Waals surface area contributed by atoms with Gasteiger partial charge in [0, 0.05) is 37.4 Å². The topological polar surface area (TPSA) is 54.5 Å². The predicted molar refractivity (Wildman–Crippen MR) is 123 cm³/mol. The number of fused-ring (bicyclic) bond motifs is 1. The van der Waals surface area contributed by atoms with E-state index in [4.69, 9.17) is 4.74 Å². The summed E-state index contributed by atoms with van der Waals surface area (Å²) >= 11 is 0. The van der Waals surface area contributed by atoms with Gasteiger partial charge in [-0.15, -0.1) is 0 Å². The molecule has 160 valence electrons. The van der Waals surface area contributed by atoms with Crippen LogP contribution in [0.5, 0.6) is 5.75 Å². The number of benzene rings is 2. The molecule has 5 nitrogen and oxygen atoms in total. The molecule has 5 heteroatoms. The zero-order chi connectivity index (χ0) is 21.6. The van der Waals surface area contributed by atoms with Crippen molar-refractivity contribution in [2.24, 2.45) is 0 Å². The Balaban J connectivity index is 1.36. The van der Waals surface area contributed by atoms with Crippen LogP contribution in [0.15, 0.2) is 60.7 Å². The summed E-state index contributed by atoms with van der Waals surface area (Å²) < 4.78 is 5.38. The Kier molecular flexibility index (Phi) is 6.63. The van der Waals surface area contributed by atoms with Gasteiger partial charge in [0.2, 0.25) is 5.91 Å². The highest BCUT2D eigenvalue weighted by Gasteiger charge is 2.18. The molecule has 1 aliphatic heterocycles. The molecule has 1 aromatic heterocycles. The second-order valence-corrected chi connectivity index (χ2v) is 8.07. The summed E-state index contributed by atoms with van der Waals surface area (Å²) in [6.45, 7) is 4.76. The van der Waals surface area contributed by atoms with E-state index in [0.29, 0.717) is 12.8 Å². The van der Waals surface area contributed by atoms with E-state index >= 15 is 0 Å². The van der Waals surface area contributed by atoms with Gasteiger partial charge in [0.1, 0.15) is 5.75 Å². The smallest absolute Gasteiger partial charge is 0.224 e. The zero-order valence-electron chi connectivity index (χ0n) is 18.2. The van der Waals surface area contributed by atoms with Gasteiger partial charge < -0.3 is 10.1 Å². The van der Waals surface area contributed by atoms with E-state index in [1.54, 1.807) is 7.11 Å². The van der Waals surface area contributed by atoms with Crippen molar-refractivity contribution in [2.45, 2.75) is 39.3 Å². The number of anilines is 1. The van der Waals surface area contributed by atoms with Gasteiger partial charge in [-0.1, -0.05) is 30.3 Å². The first kappa shape index (κ1) is 21.1. The molecule has 0 saturated carbocycles. The zero-order valence-corrected chi connectivity index (χ0v) is 18.2. The number of carbonyl (C=O) groups excluding carboxylic acids is 1. The highest BCUT2D eigenvalue weighted by molar-refractivity contribution is 5.91. The normalized spacial score (nSPS) is 13.5. The average molecular weight is 416 g/mol. The number of hydrogen-bond acceptors (Lipinski definition) is 4. The summed E-state index contributed by atoms with van der Waals surface area (Å²) in [6, 6.07) is 20.3.